The summed E-state index contributed by atoms with van der Waals surface area (Å²) in [7, 11) is 1.57. The van der Waals surface area contributed by atoms with Crippen LogP contribution in [-0.2, 0) is 4.79 Å². The van der Waals surface area contributed by atoms with Crippen LogP contribution in [0.1, 0.15) is 24.9 Å². The SMILES string of the molecule is CCC(NC(CO)C(=O)NC)c1ccccc1. The van der Waals surface area contributed by atoms with Crippen molar-refractivity contribution in [2.24, 2.45) is 0 Å². The van der Waals surface area contributed by atoms with Crippen molar-refractivity contribution >= 4 is 5.91 Å². The molecule has 2 atom stereocenters. The van der Waals surface area contributed by atoms with E-state index >= 15 is 0 Å². The van der Waals surface area contributed by atoms with E-state index < -0.39 is 6.04 Å². The van der Waals surface area contributed by atoms with E-state index in [-0.39, 0.29) is 18.6 Å². The summed E-state index contributed by atoms with van der Waals surface area (Å²) in [5.74, 6) is -0.193. The molecule has 2 unspecified atom stereocenters. The maximum atomic E-state index is 11.5. The number of rotatable bonds is 6. The third kappa shape index (κ3) is 3.84. The predicted molar refractivity (Wildman–Crippen MR) is 67.6 cm³/mol. The lowest BCUT2D eigenvalue weighted by Gasteiger charge is -2.23. The lowest BCUT2D eigenvalue weighted by atomic mass is 10.0. The van der Waals surface area contributed by atoms with Gasteiger partial charge in [0.1, 0.15) is 6.04 Å². The zero-order valence-corrected chi connectivity index (χ0v) is 10.3. The Hall–Kier alpha value is -1.39. The van der Waals surface area contributed by atoms with Crippen molar-refractivity contribution in [3.8, 4) is 0 Å². The monoisotopic (exact) mass is 236 g/mol. The fourth-order valence-corrected chi connectivity index (χ4v) is 1.76. The number of carbonyl (C=O) groups is 1. The highest BCUT2D eigenvalue weighted by molar-refractivity contribution is 5.81. The van der Waals surface area contributed by atoms with Gasteiger partial charge in [-0.1, -0.05) is 37.3 Å². The van der Waals surface area contributed by atoms with Crippen LogP contribution in [0.5, 0.6) is 0 Å². The van der Waals surface area contributed by atoms with Gasteiger partial charge in [0.25, 0.3) is 0 Å². The molecule has 3 N–H and O–H groups in total. The van der Waals surface area contributed by atoms with Crippen molar-refractivity contribution in [3.05, 3.63) is 35.9 Å². The van der Waals surface area contributed by atoms with E-state index in [1.54, 1.807) is 7.05 Å². The summed E-state index contributed by atoms with van der Waals surface area (Å²) >= 11 is 0. The highest BCUT2D eigenvalue weighted by Gasteiger charge is 2.20. The van der Waals surface area contributed by atoms with Crippen molar-refractivity contribution in [1.29, 1.82) is 0 Å². The summed E-state index contributed by atoms with van der Waals surface area (Å²) in [5.41, 5.74) is 1.12. The second kappa shape index (κ2) is 7.04. The number of nitrogens with one attached hydrogen (secondary N) is 2. The number of amides is 1. The van der Waals surface area contributed by atoms with E-state index in [9.17, 15) is 9.90 Å². The van der Waals surface area contributed by atoms with Gasteiger partial charge in [-0.25, -0.2) is 0 Å². The van der Waals surface area contributed by atoms with Crippen LogP contribution in [0.3, 0.4) is 0 Å². The summed E-state index contributed by atoms with van der Waals surface area (Å²) in [4.78, 5) is 11.5. The van der Waals surface area contributed by atoms with Crippen molar-refractivity contribution in [2.45, 2.75) is 25.4 Å². The number of hydrogen-bond acceptors (Lipinski definition) is 3. The molecule has 0 heterocycles. The van der Waals surface area contributed by atoms with E-state index in [1.807, 2.05) is 37.3 Å². The molecule has 4 heteroatoms. The first kappa shape index (κ1) is 13.7. The molecule has 0 aliphatic rings. The molecule has 0 saturated carbocycles. The lowest BCUT2D eigenvalue weighted by Crippen LogP contribution is -2.46. The van der Waals surface area contributed by atoms with Crippen LogP contribution in [0.2, 0.25) is 0 Å². The highest BCUT2D eigenvalue weighted by Crippen LogP contribution is 2.16. The van der Waals surface area contributed by atoms with Crippen LogP contribution in [0.4, 0.5) is 0 Å². The lowest BCUT2D eigenvalue weighted by molar-refractivity contribution is -0.123. The van der Waals surface area contributed by atoms with E-state index in [1.165, 1.54) is 0 Å². The molecule has 1 amide bonds. The summed E-state index contributed by atoms with van der Waals surface area (Å²) in [5, 5.41) is 14.9. The third-order valence-corrected chi connectivity index (χ3v) is 2.76. The van der Waals surface area contributed by atoms with E-state index in [0.717, 1.165) is 12.0 Å². The molecule has 94 valence electrons. The minimum absolute atomic E-state index is 0.0747. The third-order valence-electron chi connectivity index (χ3n) is 2.76. The Morgan fingerprint density at radius 2 is 2.00 bits per heavy atom. The number of aliphatic hydroxyl groups excluding tert-OH is 1. The van der Waals surface area contributed by atoms with E-state index in [2.05, 4.69) is 10.6 Å². The first-order valence-electron chi connectivity index (χ1n) is 5.86. The molecule has 1 rings (SSSR count). The topological polar surface area (TPSA) is 61.4 Å². The molecule has 1 aromatic carbocycles. The second-order valence-corrected chi connectivity index (χ2v) is 3.89. The van der Waals surface area contributed by atoms with Gasteiger partial charge in [-0.05, 0) is 12.0 Å². The fraction of sp³-hybridized carbons (Fsp3) is 0.462. The molecule has 0 aliphatic carbocycles. The summed E-state index contributed by atoms with van der Waals surface area (Å²) in [6, 6.07) is 9.43. The Balaban J connectivity index is 2.72. The summed E-state index contributed by atoms with van der Waals surface area (Å²) in [6.07, 6.45) is 0.859. The molecule has 17 heavy (non-hydrogen) atoms. The van der Waals surface area contributed by atoms with E-state index in [0.29, 0.717) is 0 Å². The van der Waals surface area contributed by atoms with Gasteiger partial charge in [-0.15, -0.1) is 0 Å². The molecule has 4 nitrogen and oxygen atoms in total. The second-order valence-electron chi connectivity index (χ2n) is 3.89. The Kier molecular flexibility index (Phi) is 5.66. The van der Waals surface area contributed by atoms with Crippen LogP contribution >= 0.6 is 0 Å². The van der Waals surface area contributed by atoms with Gasteiger partial charge in [-0.3, -0.25) is 10.1 Å². The van der Waals surface area contributed by atoms with Crippen LogP contribution < -0.4 is 10.6 Å². The largest absolute Gasteiger partial charge is 0.394 e. The molecule has 0 aliphatic heterocycles. The zero-order valence-electron chi connectivity index (χ0n) is 10.3. The normalized spacial score (nSPS) is 14.1. The molecule has 0 aromatic heterocycles. The van der Waals surface area contributed by atoms with Crippen molar-refractivity contribution in [1.82, 2.24) is 10.6 Å². The van der Waals surface area contributed by atoms with Crippen molar-refractivity contribution < 1.29 is 9.90 Å². The Morgan fingerprint density at radius 1 is 1.35 bits per heavy atom. The van der Waals surface area contributed by atoms with Gasteiger partial charge in [-0.2, -0.15) is 0 Å². The quantitative estimate of drug-likeness (QED) is 0.685. The molecule has 0 bridgehead atoms. The minimum Gasteiger partial charge on any atom is -0.394 e. The predicted octanol–water partition coefficient (Wildman–Crippen LogP) is 0.834. The molecule has 1 aromatic rings. The average molecular weight is 236 g/mol. The Morgan fingerprint density at radius 3 is 2.47 bits per heavy atom. The van der Waals surface area contributed by atoms with Crippen LogP contribution in [0, 0.1) is 0 Å². The van der Waals surface area contributed by atoms with Crippen LogP contribution in [0.25, 0.3) is 0 Å². The summed E-state index contributed by atoms with van der Waals surface area (Å²) < 4.78 is 0. The summed E-state index contributed by atoms with van der Waals surface area (Å²) in [6.45, 7) is 1.84. The minimum atomic E-state index is -0.565. The fourth-order valence-electron chi connectivity index (χ4n) is 1.76. The number of aliphatic hydroxyl groups is 1. The maximum absolute atomic E-state index is 11.5. The van der Waals surface area contributed by atoms with E-state index in [4.69, 9.17) is 0 Å². The smallest absolute Gasteiger partial charge is 0.239 e. The number of carbonyl (C=O) groups excluding carboxylic acids is 1. The zero-order chi connectivity index (χ0) is 12.7. The average Bonchev–Trinajstić information content (AvgIpc) is 2.40. The van der Waals surface area contributed by atoms with Gasteiger partial charge < -0.3 is 10.4 Å². The highest BCUT2D eigenvalue weighted by atomic mass is 16.3. The van der Waals surface area contributed by atoms with Gasteiger partial charge in [0.15, 0.2) is 0 Å². The molecular weight excluding hydrogens is 216 g/mol. The molecule has 0 fully saturated rings. The Bertz CT molecular complexity index is 341. The van der Waals surface area contributed by atoms with Crippen LogP contribution in [-0.4, -0.2) is 30.7 Å². The van der Waals surface area contributed by atoms with Gasteiger partial charge in [0, 0.05) is 13.1 Å². The van der Waals surface area contributed by atoms with Gasteiger partial charge in [0.2, 0.25) is 5.91 Å². The molecular formula is C13H20N2O2. The van der Waals surface area contributed by atoms with Crippen molar-refractivity contribution in [3.63, 3.8) is 0 Å². The first-order chi connectivity index (χ1) is 8.22. The van der Waals surface area contributed by atoms with Crippen molar-refractivity contribution in [2.75, 3.05) is 13.7 Å². The van der Waals surface area contributed by atoms with Crippen LogP contribution in [0.15, 0.2) is 30.3 Å². The van der Waals surface area contributed by atoms with Gasteiger partial charge >= 0.3 is 0 Å². The maximum Gasteiger partial charge on any atom is 0.239 e. The number of benzene rings is 1. The number of hydrogen-bond donors (Lipinski definition) is 3. The molecule has 0 spiro atoms. The standard InChI is InChI=1S/C13H20N2O2/c1-3-11(10-7-5-4-6-8-10)15-12(9-16)13(17)14-2/h4-8,11-12,15-16H,3,9H2,1-2H3,(H,14,17). The molecule has 0 saturated heterocycles. The first-order valence-corrected chi connectivity index (χ1v) is 5.86. The van der Waals surface area contributed by atoms with Gasteiger partial charge in [0.05, 0.1) is 6.61 Å². The molecule has 0 radical (unpaired) electrons. The Labute approximate surface area is 102 Å². The number of likely N-dealkylation sites (N-methyl/N-ethyl adjacent to an activating group) is 1.